The summed E-state index contributed by atoms with van der Waals surface area (Å²) in [4.78, 5) is 12.7. The van der Waals surface area contributed by atoms with Gasteiger partial charge in [0.15, 0.2) is 0 Å². The monoisotopic (exact) mass is 329 g/mol. The number of hydrogen-bond acceptors (Lipinski definition) is 3. The maximum Gasteiger partial charge on any atom is 0.255 e. The van der Waals surface area contributed by atoms with Crippen LogP contribution in [0.25, 0.3) is 0 Å². The molecular weight excluding hydrogens is 302 g/mol. The van der Waals surface area contributed by atoms with Gasteiger partial charge < -0.3 is 14.8 Å². The fourth-order valence-corrected chi connectivity index (χ4v) is 5.82. The van der Waals surface area contributed by atoms with Gasteiger partial charge in [0.05, 0.1) is 18.3 Å². The quantitative estimate of drug-likeness (QED) is 0.902. The standard InChI is InChI=1S/C20H27NO3/c1-23-18-6-4-3-5-17(18)19(22)21-12-20(24-2)15-8-13-7-14(10-15)11-16(20)9-13/h3-6,13-16H,7-12H2,1-2H3,(H,21,22). The number of carbonyl (C=O) groups is 1. The lowest BCUT2D eigenvalue weighted by atomic mass is 9.49. The average molecular weight is 329 g/mol. The van der Waals surface area contributed by atoms with Crippen molar-refractivity contribution in [3.05, 3.63) is 29.8 Å². The highest BCUT2D eigenvalue weighted by Gasteiger charge is 2.57. The fraction of sp³-hybridized carbons (Fsp3) is 0.650. The molecule has 0 radical (unpaired) electrons. The Labute approximate surface area is 143 Å². The first-order chi connectivity index (χ1) is 11.7. The Balaban J connectivity index is 1.51. The summed E-state index contributed by atoms with van der Waals surface area (Å²) in [5.41, 5.74) is 0.417. The first kappa shape index (κ1) is 15.9. The van der Waals surface area contributed by atoms with Crippen LogP contribution in [-0.2, 0) is 4.74 Å². The third-order valence-corrected chi connectivity index (χ3v) is 6.78. The minimum absolute atomic E-state index is 0.0716. The smallest absolute Gasteiger partial charge is 0.255 e. The van der Waals surface area contributed by atoms with Gasteiger partial charge in [-0.15, -0.1) is 0 Å². The van der Waals surface area contributed by atoms with Crippen LogP contribution in [0.2, 0.25) is 0 Å². The summed E-state index contributed by atoms with van der Waals surface area (Å²) in [6.45, 7) is 0.606. The van der Waals surface area contributed by atoms with E-state index < -0.39 is 0 Å². The molecule has 130 valence electrons. The molecule has 4 fully saturated rings. The summed E-state index contributed by atoms with van der Waals surface area (Å²) >= 11 is 0. The van der Waals surface area contributed by atoms with E-state index >= 15 is 0 Å². The van der Waals surface area contributed by atoms with Crippen LogP contribution in [0.5, 0.6) is 5.75 Å². The maximum absolute atomic E-state index is 12.7. The van der Waals surface area contributed by atoms with Gasteiger partial charge in [0.2, 0.25) is 0 Å². The predicted octanol–water partition coefficient (Wildman–Crippen LogP) is 3.27. The van der Waals surface area contributed by atoms with Gasteiger partial charge in [0.1, 0.15) is 5.75 Å². The summed E-state index contributed by atoms with van der Waals surface area (Å²) < 4.78 is 11.4. The second-order valence-corrected chi connectivity index (χ2v) is 7.85. The Morgan fingerprint density at radius 2 is 1.71 bits per heavy atom. The molecule has 1 N–H and O–H groups in total. The number of nitrogens with one attached hydrogen (secondary N) is 1. The molecule has 0 saturated heterocycles. The topological polar surface area (TPSA) is 47.6 Å². The van der Waals surface area contributed by atoms with Crippen LogP contribution >= 0.6 is 0 Å². The number of hydrogen-bond donors (Lipinski definition) is 1. The third-order valence-electron chi connectivity index (χ3n) is 6.78. The Morgan fingerprint density at radius 1 is 1.08 bits per heavy atom. The SMILES string of the molecule is COc1ccccc1C(=O)NCC1(OC)C2CC3CC(C2)CC1C3. The molecule has 4 bridgehead atoms. The van der Waals surface area contributed by atoms with Gasteiger partial charge in [-0.3, -0.25) is 4.79 Å². The molecule has 5 rings (SSSR count). The molecule has 4 aliphatic rings. The molecular formula is C20H27NO3. The van der Waals surface area contributed by atoms with Crippen LogP contribution in [0.4, 0.5) is 0 Å². The van der Waals surface area contributed by atoms with Gasteiger partial charge in [-0.1, -0.05) is 12.1 Å². The molecule has 0 unspecified atom stereocenters. The second kappa shape index (κ2) is 6.07. The molecule has 4 saturated carbocycles. The van der Waals surface area contributed by atoms with Gasteiger partial charge >= 0.3 is 0 Å². The van der Waals surface area contributed by atoms with Crippen molar-refractivity contribution in [2.45, 2.75) is 37.7 Å². The van der Waals surface area contributed by atoms with Crippen molar-refractivity contribution in [1.29, 1.82) is 0 Å². The minimum atomic E-state index is -0.176. The molecule has 0 aliphatic heterocycles. The first-order valence-corrected chi connectivity index (χ1v) is 9.12. The van der Waals surface area contributed by atoms with E-state index in [0.717, 1.165) is 11.8 Å². The lowest BCUT2D eigenvalue weighted by Crippen LogP contribution is -2.63. The Hall–Kier alpha value is -1.55. The first-order valence-electron chi connectivity index (χ1n) is 9.12. The Bertz CT molecular complexity index is 599. The normalized spacial score (nSPS) is 36.6. The number of amides is 1. The highest BCUT2D eigenvalue weighted by molar-refractivity contribution is 5.96. The van der Waals surface area contributed by atoms with Crippen molar-refractivity contribution in [1.82, 2.24) is 5.32 Å². The van der Waals surface area contributed by atoms with Gasteiger partial charge in [0, 0.05) is 13.7 Å². The number of ether oxygens (including phenoxy) is 2. The molecule has 0 aromatic heterocycles. The van der Waals surface area contributed by atoms with Gasteiger partial charge in [0.25, 0.3) is 5.91 Å². The van der Waals surface area contributed by atoms with E-state index in [-0.39, 0.29) is 11.5 Å². The average Bonchev–Trinajstić information content (AvgIpc) is 2.61. The van der Waals surface area contributed by atoms with Crippen LogP contribution in [0.15, 0.2) is 24.3 Å². The lowest BCUT2D eigenvalue weighted by Gasteiger charge is -2.60. The lowest BCUT2D eigenvalue weighted by molar-refractivity contribution is -0.186. The predicted molar refractivity (Wildman–Crippen MR) is 92.1 cm³/mol. The van der Waals surface area contributed by atoms with Gasteiger partial charge in [-0.05, 0) is 67.9 Å². The molecule has 4 nitrogen and oxygen atoms in total. The van der Waals surface area contributed by atoms with E-state index in [1.807, 2.05) is 31.4 Å². The highest BCUT2D eigenvalue weighted by Crippen LogP contribution is 2.59. The highest BCUT2D eigenvalue weighted by atomic mass is 16.5. The van der Waals surface area contributed by atoms with E-state index in [0.29, 0.717) is 29.7 Å². The van der Waals surface area contributed by atoms with Crippen molar-refractivity contribution in [2.24, 2.45) is 23.7 Å². The van der Waals surface area contributed by atoms with E-state index in [9.17, 15) is 4.79 Å². The zero-order chi connectivity index (χ0) is 16.7. The van der Waals surface area contributed by atoms with Gasteiger partial charge in [-0.2, -0.15) is 0 Å². The van der Waals surface area contributed by atoms with Crippen molar-refractivity contribution in [2.75, 3.05) is 20.8 Å². The molecule has 1 amide bonds. The van der Waals surface area contributed by atoms with Crippen LogP contribution in [-0.4, -0.2) is 32.3 Å². The van der Waals surface area contributed by atoms with E-state index in [1.165, 1.54) is 32.1 Å². The third kappa shape index (κ3) is 2.43. The van der Waals surface area contributed by atoms with E-state index in [2.05, 4.69) is 5.32 Å². The summed E-state index contributed by atoms with van der Waals surface area (Å²) in [7, 11) is 3.43. The number of methoxy groups -OCH3 is 2. The summed E-state index contributed by atoms with van der Waals surface area (Å²) in [5.74, 6) is 3.51. The zero-order valence-electron chi connectivity index (χ0n) is 14.6. The fourth-order valence-electron chi connectivity index (χ4n) is 5.82. The Morgan fingerprint density at radius 3 is 2.29 bits per heavy atom. The molecule has 0 heterocycles. The number of carbonyl (C=O) groups excluding carboxylic acids is 1. The summed E-state index contributed by atoms with van der Waals surface area (Å²) in [6.07, 6.45) is 6.49. The van der Waals surface area contributed by atoms with Crippen LogP contribution < -0.4 is 10.1 Å². The second-order valence-electron chi connectivity index (χ2n) is 7.85. The molecule has 4 heteroatoms. The summed E-state index contributed by atoms with van der Waals surface area (Å²) in [6, 6.07) is 7.38. The molecule has 0 spiro atoms. The molecule has 0 atom stereocenters. The van der Waals surface area contributed by atoms with Crippen molar-refractivity contribution in [3.8, 4) is 5.75 Å². The van der Waals surface area contributed by atoms with Crippen molar-refractivity contribution in [3.63, 3.8) is 0 Å². The molecule has 4 aliphatic carbocycles. The van der Waals surface area contributed by atoms with Crippen LogP contribution in [0.1, 0.15) is 42.5 Å². The van der Waals surface area contributed by atoms with Crippen LogP contribution in [0.3, 0.4) is 0 Å². The van der Waals surface area contributed by atoms with E-state index in [4.69, 9.17) is 9.47 Å². The Kier molecular flexibility index (Phi) is 4.03. The number of benzene rings is 1. The van der Waals surface area contributed by atoms with Crippen molar-refractivity contribution >= 4 is 5.91 Å². The van der Waals surface area contributed by atoms with Gasteiger partial charge in [-0.25, -0.2) is 0 Å². The zero-order valence-corrected chi connectivity index (χ0v) is 14.6. The molecule has 1 aromatic carbocycles. The largest absolute Gasteiger partial charge is 0.496 e. The number of rotatable bonds is 5. The van der Waals surface area contributed by atoms with Crippen molar-refractivity contribution < 1.29 is 14.3 Å². The molecule has 24 heavy (non-hydrogen) atoms. The molecule has 1 aromatic rings. The maximum atomic E-state index is 12.7. The minimum Gasteiger partial charge on any atom is -0.496 e. The van der Waals surface area contributed by atoms with E-state index in [1.54, 1.807) is 7.11 Å². The summed E-state index contributed by atoms with van der Waals surface area (Å²) in [5, 5.41) is 3.15. The number of para-hydroxylation sites is 1. The van der Waals surface area contributed by atoms with Crippen LogP contribution in [0, 0.1) is 23.7 Å².